The summed E-state index contributed by atoms with van der Waals surface area (Å²) in [6, 6.07) is 2.15. The molecule has 0 aliphatic carbocycles. The number of hydrogen-bond acceptors (Lipinski definition) is 2. The number of rotatable bonds is 3. The highest BCUT2D eigenvalue weighted by molar-refractivity contribution is 6.17. The van der Waals surface area contributed by atoms with Gasteiger partial charge >= 0.3 is 0 Å². The number of pyridine rings is 1. The van der Waals surface area contributed by atoms with Crippen LogP contribution in [0.25, 0.3) is 0 Å². The van der Waals surface area contributed by atoms with Gasteiger partial charge in [0.05, 0.1) is 0 Å². The number of aromatic nitrogens is 1. The molecule has 2 rings (SSSR count). The first-order valence-corrected chi connectivity index (χ1v) is 6.54. The number of halogens is 1. The van der Waals surface area contributed by atoms with Gasteiger partial charge in [0, 0.05) is 25.2 Å². The molecule has 2 nitrogen and oxygen atoms in total. The Labute approximate surface area is 103 Å². The van der Waals surface area contributed by atoms with Crippen LogP contribution in [0.5, 0.6) is 0 Å². The van der Waals surface area contributed by atoms with Crippen molar-refractivity contribution in [1.82, 2.24) is 4.98 Å². The van der Waals surface area contributed by atoms with E-state index < -0.39 is 0 Å². The smallest absolute Gasteiger partial charge is 0.131 e. The largest absolute Gasteiger partial charge is 0.356 e. The molecule has 3 heteroatoms. The quantitative estimate of drug-likeness (QED) is 0.751. The maximum Gasteiger partial charge on any atom is 0.131 e. The first-order chi connectivity index (χ1) is 7.74. The zero-order valence-corrected chi connectivity index (χ0v) is 10.8. The average Bonchev–Trinajstić information content (AvgIpc) is 2.77. The van der Waals surface area contributed by atoms with Gasteiger partial charge in [0.2, 0.25) is 0 Å². The van der Waals surface area contributed by atoms with Crippen molar-refractivity contribution in [3.63, 3.8) is 0 Å². The lowest BCUT2D eigenvalue weighted by Crippen LogP contribution is -2.21. The van der Waals surface area contributed by atoms with Gasteiger partial charge in [0.25, 0.3) is 0 Å². The molecule has 2 heterocycles. The minimum atomic E-state index is 0.547. The molecule has 1 aliphatic heterocycles. The third-order valence-electron chi connectivity index (χ3n) is 3.42. The molecule has 0 N–H and O–H groups in total. The van der Waals surface area contributed by atoms with E-state index in [1.165, 1.54) is 18.4 Å². The lowest BCUT2D eigenvalue weighted by atomic mass is 10.1. The molecular weight excluding hydrogens is 220 g/mol. The van der Waals surface area contributed by atoms with E-state index in [9.17, 15) is 0 Å². The second kappa shape index (κ2) is 5.05. The third-order valence-corrected chi connectivity index (χ3v) is 3.73. The van der Waals surface area contributed by atoms with Gasteiger partial charge in [-0.25, -0.2) is 4.98 Å². The second-order valence-electron chi connectivity index (χ2n) is 4.63. The summed E-state index contributed by atoms with van der Waals surface area (Å²) >= 11 is 5.80. The minimum absolute atomic E-state index is 0.547. The normalized spacial score (nSPS) is 20.4. The van der Waals surface area contributed by atoms with Gasteiger partial charge in [-0.05, 0) is 36.5 Å². The van der Waals surface area contributed by atoms with Crippen LogP contribution in [0.2, 0.25) is 0 Å². The van der Waals surface area contributed by atoms with Crippen molar-refractivity contribution < 1.29 is 0 Å². The maximum absolute atomic E-state index is 5.80. The van der Waals surface area contributed by atoms with Crippen LogP contribution in [0.15, 0.2) is 12.3 Å². The number of hydrogen-bond donors (Lipinski definition) is 0. The summed E-state index contributed by atoms with van der Waals surface area (Å²) in [5.74, 6) is 2.53. The molecule has 0 spiro atoms. The number of nitrogens with zero attached hydrogens (tertiary/aromatic N) is 2. The zero-order chi connectivity index (χ0) is 11.5. The van der Waals surface area contributed by atoms with Crippen LogP contribution >= 0.6 is 11.6 Å². The highest BCUT2D eigenvalue weighted by atomic mass is 35.5. The van der Waals surface area contributed by atoms with Crippen LogP contribution in [-0.2, 0) is 5.88 Å². The SMILES string of the molecule is CCC1CCN(c2ncc(CCl)cc2C)C1. The Hall–Kier alpha value is -0.760. The second-order valence-corrected chi connectivity index (χ2v) is 4.89. The number of aryl methyl sites for hydroxylation is 1. The molecule has 0 saturated carbocycles. The predicted molar refractivity (Wildman–Crippen MR) is 69.1 cm³/mol. The summed E-state index contributed by atoms with van der Waals surface area (Å²) in [4.78, 5) is 6.95. The molecule has 1 saturated heterocycles. The van der Waals surface area contributed by atoms with Crippen molar-refractivity contribution >= 4 is 17.4 Å². The maximum atomic E-state index is 5.80. The van der Waals surface area contributed by atoms with Crippen molar-refractivity contribution in [3.05, 3.63) is 23.4 Å². The van der Waals surface area contributed by atoms with E-state index in [0.29, 0.717) is 5.88 Å². The number of alkyl halides is 1. The van der Waals surface area contributed by atoms with Crippen molar-refractivity contribution in [2.45, 2.75) is 32.6 Å². The molecule has 1 unspecified atom stereocenters. The van der Waals surface area contributed by atoms with Crippen LogP contribution in [-0.4, -0.2) is 18.1 Å². The van der Waals surface area contributed by atoms with E-state index in [0.717, 1.165) is 30.4 Å². The van der Waals surface area contributed by atoms with Crippen molar-refractivity contribution in [2.24, 2.45) is 5.92 Å². The molecule has 0 aromatic carbocycles. The fourth-order valence-electron chi connectivity index (χ4n) is 2.39. The molecule has 88 valence electrons. The van der Waals surface area contributed by atoms with Gasteiger partial charge in [0.15, 0.2) is 0 Å². The molecular formula is C13H19ClN2. The molecule has 0 amide bonds. The molecule has 1 atom stereocenters. The molecule has 1 aromatic rings. The van der Waals surface area contributed by atoms with Gasteiger partial charge < -0.3 is 4.90 Å². The highest BCUT2D eigenvalue weighted by Gasteiger charge is 2.22. The third kappa shape index (κ3) is 2.32. The Morgan fingerprint density at radius 3 is 2.94 bits per heavy atom. The predicted octanol–water partition coefficient (Wildman–Crippen LogP) is 3.37. The van der Waals surface area contributed by atoms with Crippen LogP contribution in [0.4, 0.5) is 5.82 Å². The van der Waals surface area contributed by atoms with E-state index in [1.54, 1.807) is 0 Å². The van der Waals surface area contributed by atoms with Gasteiger partial charge in [-0.1, -0.05) is 13.3 Å². The summed E-state index contributed by atoms with van der Waals surface area (Å²) < 4.78 is 0. The molecule has 1 aliphatic rings. The molecule has 1 fully saturated rings. The van der Waals surface area contributed by atoms with Crippen molar-refractivity contribution in [2.75, 3.05) is 18.0 Å². The summed E-state index contributed by atoms with van der Waals surface area (Å²) in [5, 5.41) is 0. The average molecular weight is 239 g/mol. The molecule has 1 aromatic heterocycles. The monoisotopic (exact) mass is 238 g/mol. The van der Waals surface area contributed by atoms with Gasteiger partial charge in [0.1, 0.15) is 5.82 Å². The highest BCUT2D eigenvalue weighted by Crippen LogP contribution is 2.26. The Morgan fingerprint density at radius 1 is 1.56 bits per heavy atom. The van der Waals surface area contributed by atoms with Crippen molar-refractivity contribution in [3.8, 4) is 0 Å². The Kier molecular flexibility index (Phi) is 3.70. The lowest BCUT2D eigenvalue weighted by Gasteiger charge is -2.19. The Bertz CT molecular complexity index is 365. The van der Waals surface area contributed by atoms with Crippen molar-refractivity contribution in [1.29, 1.82) is 0 Å². The Morgan fingerprint density at radius 2 is 2.38 bits per heavy atom. The summed E-state index contributed by atoms with van der Waals surface area (Å²) in [7, 11) is 0. The van der Waals surface area contributed by atoms with Gasteiger partial charge in [-0.3, -0.25) is 0 Å². The molecule has 0 bridgehead atoms. The number of anilines is 1. The van der Waals surface area contributed by atoms with E-state index in [4.69, 9.17) is 11.6 Å². The minimum Gasteiger partial charge on any atom is -0.356 e. The molecule has 16 heavy (non-hydrogen) atoms. The first-order valence-electron chi connectivity index (χ1n) is 6.01. The fraction of sp³-hybridized carbons (Fsp3) is 0.615. The van der Waals surface area contributed by atoms with E-state index in [1.807, 2.05) is 6.20 Å². The van der Waals surface area contributed by atoms with E-state index in [-0.39, 0.29) is 0 Å². The van der Waals surface area contributed by atoms with Crippen LogP contribution in [0.1, 0.15) is 30.9 Å². The van der Waals surface area contributed by atoms with Gasteiger partial charge in [-0.2, -0.15) is 0 Å². The lowest BCUT2D eigenvalue weighted by molar-refractivity contribution is 0.568. The molecule has 0 radical (unpaired) electrons. The van der Waals surface area contributed by atoms with E-state index in [2.05, 4.69) is 29.8 Å². The fourth-order valence-corrected chi connectivity index (χ4v) is 2.53. The first kappa shape index (κ1) is 11.7. The standard InChI is InChI=1S/C13H19ClN2/c1-3-11-4-5-16(9-11)13-10(2)6-12(7-14)8-15-13/h6,8,11H,3-5,7,9H2,1-2H3. The summed E-state index contributed by atoms with van der Waals surface area (Å²) in [6.45, 7) is 6.69. The van der Waals surface area contributed by atoms with Crippen LogP contribution in [0, 0.1) is 12.8 Å². The summed E-state index contributed by atoms with van der Waals surface area (Å²) in [6.07, 6.45) is 4.47. The van der Waals surface area contributed by atoms with Crippen LogP contribution < -0.4 is 4.90 Å². The van der Waals surface area contributed by atoms with Crippen LogP contribution in [0.3, 0.4) is 0 Å². The zero-order valence-electron chi connectivity index (χ0n) is 10.0. The summed E-state index contributed by atoms with van der Waals surface area (Å²) in [5.41, 5.74) is 2.35. The van der Waals surface area contributed by atoms with Gasteiger partial charge in [-0.15, -0.1) is 11.6 Å². The Balaban J connectivity index is 2.15. The topological polar surface area (TPSA) is 16.1 Å². The van der Waals surface area contributed by atoms with E-state index >= 15 is 0 Å².